The molecule has 0 radical (unpaired) electrons. The number of piperazine rings is 1. The van der Waals surface area contributed by atoms with Gasteiger partial charge in [-0.05, 0) is 40.9 Å². The Labute approximate surface area is 152 Å². The molecule has 1 aliphatic rings. The van der Waals surface area contributed by atoms with Crippen molar-refractivity contribution in [3.63, 3.8) is 0 Å². The molecule has 0 amide bonds. The fraction of sp³-hybridized carbons (Fsp3) is 0.438. The maximum absolute atomic E-state index is 13.0. The van der Waals surface area contributed by atoms with E-state index in [-0.39, 0.29) is 18.9 Å². The van der Waals surface area contributed by atoms with Gasteiger partial charge in [0.15, 0.2) is 0 Å². The Bertz CT molecular complexity index is 946. The van der Waals surface area contributed by atoms with Gasteiger partial charge in [0.05, 0.1) is 4.90 Å². The molecule has 0 unspecified atom stereocenters. The van der Waals surface area contributed by atoms with E-state index in [2.05, 4.69) is 4.98 Å². The van der Waals surface area contributed by atoms with Crippen LogP contribution in [0, 0.1) is 24.0 Å². The highest BCUT2D eigenvalue weighted by Gasteiger charge is 2.33. The van der Waals surface area contributed by atoms with Gasteiger partial charge in [0.2, 0.25) is 22.2 Å². The third-order valence-corrected chi connectivity index (χ3v) is 6.60. The number of anilines is 1. The van der Waals surface area contributed by atoms with Crippen molar-refractivity contribution in [3.05, 3.63) is 45.8 Å². The molecule has 1 aliphatic heterocycles. The number of aryl methyl sites for hydroxylation is 3. The number of aromatic nitrogens is 2. The molecule has 1 aromatic heterocycles. The molecule has 0 aliphatic carbocycles. The van der Waals surface area contributed by atoms with E-state index in [9.17, 15) is 18.5 Å². The van der Waals surface area contributed by atoms with E-state index in [0.29, 0.717) is 29.4 Å². The first-order valence-corrected chi connectivity index (χ1v) is 9.64. The van der Waals surface area contributed by atoms with Crippen LogP contribution in [0.5, 0.6) is 0 Å². The maximum Gasteiger partial charge on any atom is 0.406 e. The summed E-state index contributed by atoms with van der Waals surface area (Å²) in [6, 6.07) is 5.37. The monoisotopic (exact) mass is 379 g/mol. The van der Waals surface area contributed by atoms with E-state index < -0.39 is 14.9 Å². The van der Waals surface area contributed by atoms with E-state index in [1.807, 2.05) is 13.0 Å². The van der Waals surface area contributed by atoms with Crippen molar-refractivity contribution in [1.29, 1.82) is 0 Å². The van der Waals surface area contributed by atoms with Crippen molar-refractivity contribution < 1.29 is 13.3 Å². The van der Waals surface area contributed by atoms with Crippen molar-refractivity contribution >= 4 is 21.7 Å². The summed E-state index contributed by atoms with van der Waals surface area (Å²) in [5.41, 5.74) is 1.60. The number of rotatable bonds is 4. The Kier molecular flexibility index (Phi) is 4.72. The summed E-state index contributed by atoms with van der Waals surface area (Å²) >= 11 is 0. The van der Waals surface area contributed by atoms with Gasteiger partial charge in [0.1, 0.15) is 0 Å². The molecule has 0 N–H and O–H groups in total. The van der Waals surface area contributed by atoms with Gasteiger partial charge in [-0.2, -0.15) is 4.31 Å². The van der Waals surface area contributed by atoms with Crippen LogP contribution in [0.25, 0.3) is 0 Å². The van der Waals surface area contributed by atoms with Crippen LogP contribution in [-0.2, 0) is 17.1 Å². The molecule has 9 nitrogen and oxygen atoms in total. The van der Waals surface area contributed by atoms with Crippen molar-refractivity contribution in [3.8, 4) is 0 Å². The van der Waals surface area contributed by atoms with Gasteiger partial charge in [0.25, 0.3) is 0 Å². The van der Waals surface area contributed by atoms with E-state index in [1.165, 1.54) is 10.6 Å². The zero-order valence-corrected chi connectivity index (χ0v) is 15.7. The number of sulfonamides is 1. The average molecular weight is 379 g/mol. The number of imidazole rings is 1. The Morgan fingerprint density at radius 1 is 1.15 bits per heavy atom. The van der Waals surface area contributed by atoms with E-state index >= 15 is 0 Å². The predicted octanol–water partition coefficient (Wildman–Crippen LogP) is 1.46. The molecule has 0 spiro atoms. The van der Waals surface area contributed by atoms with Crippen LogP contribution in [0.15, 0.2) is 29.4 Å². The number of hydrogen-bond donors (Lipinski definition) is 0. The third kappa shape index (κ3) is 3.17. The molecule has 10 heteroatoms. The second kappa shape index (κ2) is 6.69. The lowest BCUT2D eigenvalue weighted by Crippen LogP contribution is -2.49. The number of hydrogen-bond acceptors (Lipinski definition) is 6. The zero-order valence-electron chi connectivity index (χ0n) is 14.9. The minimum atomic E-state index is -3.59. The van der Waals surface area contributed by atoms with Crippen LogP contribution >= 0.6 is 0 Å². The minimum absolute atomic E-state index is 0.210. The van der Waals surface area contributed by atoms with Crippen LogP contribution in [-0.4, -0.2) is 53.4 Å². The molecule has 0 saturated carbocycles. The number of benzene rings is 1. The van der Waals surface area contributed by atoms with Crippen molar-refractivity contribution in [2.75, 3.05) is 31.1 Å². The number of nitrogens with zero attached hydrogens (tertiary/aromatic N) is 5. The van der Waals surface area contributed by atoms with E-state index in [1.54, 1.807) is 35.6 Å². The lowest BCUT2D eigenvalue weighted by molar-refractivity contribution is -0.388. The SMILES string of the molecule is Cc1ccc(C)c(S(=O)(=O)N2CCN(c3c([N+](=O)[O-])ncn3C)CC2)c1. The summed E-state index contributed by atoms with van der Waals surface area (Å²) in [7, 11) is -1.90. The van der Waals surface area contributed by atoms with Crippen LogP contribution < -0.4 is 4.90 Å². The molecule has 2 aromatic rings. The van der Waals surface area contributed by atoms with Gasteiger partial charge in [-0.1, -0.05) is 12.1 Å². The van der Waals surface area contributed by atoms with Crippen LogP contribution in [0.1, 0.15) is 11.1 Å². The molecule has 2 heterocycles. The number of nitro groups is 1. The summed E-state index contributed by atoms with van der Waals surface area (Å²) in [6.45, 7) is 4.89. The molecule has 26 heavy (non-hydrogen) atoms. The van der Waals surface area contributed by atoms with Crippen molar-refractivity contribution in [1.82, 2.24) is 13.9 Å². The Hall–Kier alpha value is -2.46. The highest BCUT2D eigenvalue weighted by atomic mass is 32.2. The van der Waals surface area contributed by atoms with Crippen molar-refractivity contribution in [2.45, 2.75) is 18.7 Å². The molecule has 0 atom stereocenters. The molecule has 140 valence electrons. The largest absolute Gasteiger partial charge is 0.406 e. The van der Waals surface area contributed by atoms with Crippen LogP contribution in [0.3, 0.4) is 0 Å². The van der Waals surface area contributed by atoms with Gasteiger partial charge in [-0.15, -0.1) is 0 Å². The van der Waals surface area contributed by atoms with E-state index in [4.69, 9.17) is 0 Å². The quantitative estimate of drug-likeness (QED) is 0.589. The Morgan fingerprint density at radius 3 is 2.42 bits per heavy atom. The highest BCUT2D eigenvalue weighted by Crippen LogP contribution is 2.28. The lowest BCUT2D eigenvalue weighted by Gasteiger charge is -2.34. The predicted molar refractivity (Wildman–Crippen MR) is 96.8 cm³/mol. The fourth-order valence-electron chi connectivity index (χ4n) is 3.17. The molecule has 1 fully saturated rings. The first kappa shape index (κ1) is 18.3. The molecule has 1 saturated heterocycles. The first-order valence-electron chi connectivity index (χ1n) is 8.20. The van der Waals surface area contributed by atoms with Crippen LogP contribution in [0.4, 0.5) is 11.6 Å². The summed E-state index contributed by atoms with van der Waals surface area (Å²) < 4.78 is 29.0. The maximum atomic E-state index is 13.0. The lowest BCUT2D eigenvalue weighted by atomic mass is 10.2. The summed E-state index contributed by atoms with van der Waals surface area (Å²) in [6.07, 6.45) is 1.40. The summed E-state index contributed by atoms with van der Waals surface area (Å²) in [4.78, 5) is 16.6. The Morgan fingerprint density at radius 2 is 1.81 bits per heavy atom. The van der Waals surface area contributed by atoms with Gasteiger partial charge in [-0.25, -0.2) is 8.42 Å². The van der Waals surface area contributed by atoms with Crippen LogP contribution in [0.2, 0.25) is 0 Å². The molecule has 0 bridgehead atoms. The molecule has 3 rings (SSSR count). The second-order valence-electron chi connectivity index (χ2n) is 6.42. The summed E-state index contributed by atoms with van der Waals surface area (Å²) in [5, 5.41) is 11.2. The smallest absolute Gasteiger partial charge is 0.358 e. The second-order valence-corrected chi connectivity index (χ2v) is 8.33. The topological polar surface area (TPSA) is 102 Å². The van der Waals surface area contributed by atoms with Crippen molar-refractivity contribution in [2.24, 2.45) is 7.05 Å². The minimum Gasteiger partial charge on any atom is -0.358 e. The standard InChI is InChI=1S/C16H21N5O4S/c1-12-4-5-13(2)14(10-12)26(24,25)20-8-6-19(7-9-20)16-15(21(22)23)17-11-18(16)3/h4-5,10-11H,6-9H2,1-3H3. The van der Waals surface area contributed by atoms with E-state index in [0.717, 1.165) is 5.56 Å². The molecule has 1 aromatic carbocycles. The Balaban J connectivity index is 1.82. The van der Waals surface area contributed by atoms with Gasteiger partial charge >= 0.3 is 5.82 Å². The average Bonchev–Trinajstić information content (AvgIpc) is 2.99. The molecular weight excluding hydrogens is 358 g/mol. The normalized spacial score (nSPS) is 16.0. The summed E-state index contributed by atoms with van der Waals surface area (Å²) in [5.74, 6) is 0.192. The molecular formula is C16H21N5O4S. The highest BCUT2D eigenvalue weighted by molar-refractivity contribution is 7.89. The zero-order chi connectivity index (χ0) is 19.1. The third-order valence-electron chi connectivity index (χ3n) is 4.56. The fourth-order valence-corrected chi connectivity index (χ4v) is 4.90. The van der Waals surface area contributed by atoms with Gasteiger partial charge in [-0.3, -0.25) is 4.57 Å². The van der Waals surface area contributed by atoms with Gasteiger partial charge in [0, 0.05) is 33.2 Å². The van der Waals surface area contributed by atoms with Gasteiger partial charge < -0.3 is 15.0 Å². The first-order chi connectivity index (χ1) is 12.2.